The van der Waals surface area contributed by atoms with Crippen LogP contribution >= 0.6 is 27.3 Å². The molecule has 1 heterocycles. The van der Waals surface area contributed by atoms with Gasteiger partial charge >= 0.3 is 0 Å². The van der Waals surface area contributed by atoms with Crippen LogP contribution in [0, 0.1) is 5.41 Å². The average Bonchev–Trinajstić information content (AvgIpc) is 2.71. The highest BCUT2D eigenvalue weighted by atomic mass is 79.9. The summed E-state index contributed by atoms with van der Waals surface area (Å²) in [6.45, 7) is 1.81. The van der Waals surface area contributed by atoms with Gasteiger partial charge in [0.15, 0.2) is 0 Å². The lowest BCUT2D eigenvalue weighted by Crippen LogP contribution is -1.92. The molecule has 1 aromatic carbocycles. The molecule has 0 bridgehead atoms. The molecule has 0 unspecified atom stereocenters. The van der Waals surface area contributed by atoms with Crippen molar-refractivity contribution in [1.82, 2.24) is 0 Å². The molecule has 0 aliphatic carbocycles. The molecule has 0 atom stereocenters. The Morgan fingerprint density at radius 1 is 1.33 bits per heavy atom. The van der Waals surface area contributed by atoms with Gasteiger partial charge in [-0.25, -0.2) is 0 Å². The topological polar surface area (TPSA) is 23.9 Å². The smallest absolute Gasteiger partial charge is 0.0355 e. The minimum Gasteiger partial charge on any atom is -0.305 e. The number of nitrogens with one attached hydrogen (secondary N) is 1. The molecule has 3 heteroatoms. The molecule has 2 aromatic rings. The summed E-state index contributed by atoms with van der Waals surface area (Å²) < 4.78 is 1.08. The zero-order chi connectivity index (χ0) is 10.8. The summed E-state index contributed by atoms with van der Waals surface area (Å²) in [5, 5.41) is 9.68. The zero-order valence-corrected chi connectivity index (χ0v) is 10.7. The van der Waals surface area contributed by atoms with Gasteiger partial charge in [0.05, 0.1) is 0 Å². The van der Waals surface area contributed by atoms with Crippen LogP contribution in [0.5, 0.6) is 0 Å². The number of hydrogen-bond acceptors (Lipinski definition) is 2. The molecule has 0 aliphatic heterocycles. The summed E-state index contributed by atoms with van der Waals surface area (Å²) in [7, 11) is 0. The lowest BCUT2D eigenvalue weighted by Gasteiger charge is -2.05. The fourth-order valence-corrected chi connectivity index (χ4v) is 2.73. The second kappa shape index (κ2) is 4.29. The molecule has 0 spiro atoms. The van der Waals surface area contributed by atoms with E-state index in [1.54, 1.807) is 18.3 Å². The fraction of sp³-hybridized carbons (Fsp3) is 0.0833. The summed E-state index contributed by atoms with van der Waals surface area (Å²) >= 11 is 5.25. The highest BCUT2D eigenvalue weighted by Gasteiger charge is 2.06. The zero-order valence-electron chi connectivity index (χ0n) is 8.25. The van der Waals surface area contributed by atoms with Crippen molar-refractivity contribution in [2.45, 2.75) is 6.92 Å². The van der Waals surface area contributed by atoms with Gasteiger partial charge in [-0.15, -0.1) is 11.3 Å². The Kier molecular flexibility index (Phi) is 3.03. The summed E-state index contributed by atoms with van der Waals surface area (Å²) in [5.41, 5.74) is 2.73. The quantitative estimate of drug-likeness (QED) is 0.779. The molecule has 76 valence electrons. The molecular weight excluding hydrogens is 270 g/mol. The third-order valence-electron chi connectivity index (χ3n) is 2.19. The van der Waals surface area contributed by atoms with E-state index in [9.17, 15) is 0 Å². The molecule has 1 N–H and O–H groups in total. The van der Waals surface area contributed by atoms with Crippen molar-refractivity contribution in [3.63, 3.8) is 0 Å². The van der Waals surface area contributed by atoms with E-state index in [1.165, 1.54) is 4.88 Å². The maximum Gasteiger partial charge on any atom is 0.0355 e. The van der Waals surface area contributed by atoms with Crippen LogP contribution in [-0.2, 0) is 0 Å². The minimum absolute atomic E-state index is 0.598. The predicted octanol–water partition coefficient (Wildman–Crippen LogP) is 4.57. The normalized spacial score (nSPS) is 10.3. The summed E-state index contributed by atoms with van der Waals surface area (Å²) in [5.74, 6) is 0. The highest BCUT2D eigenvalue weighted by molar-refractivity contribution is 9.10. The van der Waals surface area contributed by atoms with E-state index in [4.69, 9.17) is 5.41 Å². The second-order valence-corrected chi connectivity index (χ2v) is 5.10. The van der Waals surface area contributed by atoms with E-state index in [2.05, 4.69) is 33.4 Å². The van der Waals surface area contributed by atoms with Crippen LogP contribution < -0.4 is 0 Å². The molecule has 15 heavy (non-hydrogen) atoms. The van der Waals surface area contributed by atoms with Gasteiger partial charge in [0.25, 0.3) is 0 Å². The van der Waals surface area contributed by atoms with Crippen LogP contribution in [0.15, 0.2) is 40.2 Å². The van der Waals surface area contributed by atoms with Crippen molar-refractivity contribution in [1.29, 1.82) is 5.41 Å². The highest BCUT2D eigenvalue weighted by Crippen LogP contribution is 2.32. The van der Waals surface area contributed by atoms with Crippen molar-refractivity contribution in [3.05, 3.63) is 45.7 Å². The van der Waals surface area contributed by atoms with Crippen LogP contribution in [0.3, 0.4) is 0 Å². The largest absolute Gasteiger partial charge is 0.305 e. The Bertz CT molecular complexity index is 488. The molecule has 0 amide bonds. The first-order valence-electron chi connectivity index (χ1n) is 4.57. The maximum atomic E-state index is 7.62. The number of benzene rings is 1. The van der Waals surface area contributed by atoms with Crippen LogP contribution in [0.25, 0.3) is 10.4 Å². The van der Waals surface area contributed by atoms with E-state index >= 15 is 0 Å². The summed E-state index contributed by atoms with van der Waals surface area (Å²) in [6.07, 6.45) is 0. The summed E-state index contributed by atoms with van der Waals surface area (Å²) in [4.78, 5) is 1.23. The second-order valence-electron chi connectivity index (χ2n) is 3.30. The van der Waals surface area contributed by atoms with Gasteiger partial charge < -0.3 is 5.41 Å². The van der Waals surface area contributed by atoms with Crippen LogP contribution in [0.2, 0.25) is 0 Å². The molecule has 1 nitrogen and oxygen atoms in total. The van der Waals surface area contributed by atoms with Gasteiger partial charge in [-0.2, -0.15) is 0 Å². The number of hydrogen-bond donors (Lipinski definition) is 1. The number of thiophene rings is 1. The monoisotopic (exact) mass is 279 g/mol. The van der Waals surface area contributed by atoms with E-state index in [1.807, 2.05) is 18.2 Å². The van der Waals surface area contributed by atoms with Gasteiger partial charge in [0, 0.05) is 20.6 Å². The van der Waals surface area contributed by atoms with Crippen molar-refractivity contribution < 1.29 is 0 Å². The molecule has 1 aromatic heterocycles. The van der Waals surface area contributed by atoms with E-state index in [0.717, 1.165) is 15.6 Å². The predicted molar refractivity (Wildman–Crippen MR) is 70.0 cm³/mol. The standard InChI is InChI=1S/C12H10BrNS/c1-8(14)9-4-5-11(13)10(7-9)12-3-2-6-15-12/h2-7,14H,1H3. The van der Waals surface area contributed by atoms with Crippen LogP contribution in [-0.4, -0.2) is 5.71 Å². The number of halogens is 1. The lowest BCUT2D eigenvalue weighted by molar-refractivity contribution is 1.45. The molecule has 2 rings (SSSR count). The van der Waals surface area contributed by atoms with Gasteiger partial charge in [0.1, 0.15) is 0 Å². The molecule has 0 saturated carbocycles. The Labute approximate surface area is 101 Å². The van der Waals surface area contributed by atoms with Gasteiger partial charge in [-0.1, -0.05) is 28.1 Å². The summed E-state index contributed by atoms with van der Waals surface area (Å²) in [6, 6.07) is 10.1. The Morgan fingerprint density at radius 2 is 2.13 bits per heavy atom. The fourth-order valence-electron chi connectivity index (χ4n) is 1.38. The molecule has 0 aliphatic rings. The average molecular weight is 280 g/mol. The Hall–Kier alpha value is -0.930. The third-order valence-corrected chi connectivity index (χ3v) is 3.78. The third kappa shape index (κ3) is 2.19. The minimum atomic E-state index is 0.598. The van der Waals surface area contributed by atoms with E-state index < -0.39 is 0 Å². The van der Waals surface area contributed by atoms with E-state index in [-0.39, 0.29) is 0 Å². The molecule has 0 radical (unpaired) electrons. The van der Waals surface area contributed by atoms with Crippen molar-refractivity contribution in [2.24, 2.45) is 0 Å². The van der Waals surface area contributed by atoms with Gasteiger partial charge in [0.2, 0.25) is 0 Å². The van der Waals surface area contributed by atoms with Crippen molar-refractivity contribution in [2.75, 3.05) is 0 Å². The van der Waals surface area contributed by atoms with Gasteiger partial charge in [-0.3, -0.25) is 0 Å². The number of rotatable bonds is 2. The Balaban J connectivity index is 2.55. The maximum absolute atomic E-state index is 7.62. The Morgan fingerprint density at radius 3 is 2.73 bits per heavy atom. The lowest BCUT2D eigenvalue weighted by atomic mass is 10.1. The molecule has 0 saturated heterocycles. The van der Waals surface area contributed by atoms with Crippen LogP contribution in [0.4, 0.5) is 0 Å². The first-order chi connectivity index (χ1) is 7.18. The van der Waals surface area contributed by atoms with Crippen molar-refractivity contribution in [3.8, 4) is 10.4 Å². The first-order valence-corrected chi connectivity index (χ1v) is 6.24. The van der Waals surface area contributed by atoms with Gasteiger partial charge in [-0.05, 0) is 36.1 Å². The SMILES string of the molecule is CC(=N)c1ccc(Br)c(-c2cccs2)c1. The van der Waals surface area contributed by atoms with Crippen LogP contribution in [0.1, 0.15) is 12.5 Å². The van der Waals surface area contributed by atoms with Crippen molar-refractivity contribution >= 4 is 33.0 Å². The molecule has 0 fully saturated rings. The molecular formula is C12H10BrNS. The van der Waals surface area contributed by atoms with E-state index in [0.29, 0.717) is 5.71 Å². The first kappa shape index (κ1) is 10.6.